The first-order chi connectivity index (χ1) is 6.19. The van der Waals surface area contributed by atoms with Gasteiger partial charge in [0.15, 0.2) is 0 Å². The van der Waals surface area contributed by atoms with Gasteiger partial charge in [0.05, 0.1) is 15.9 Å². The number of hydrogen-bond donors (Lipinski definition) is 1. The maximum Gasteiger partial charge on any atom is 0.140 e. The van der Waals surface area contributed by atoms with Crippen LogP contribution < -0.4 is 5.73 Å². The van der Waals surface area contributed by atoms with Gasteiger partial charge in [-0.1, -0.05) is 6.92 Å². The number of nitrogens with zero attached hydrogens (tertiary/aromatic N) is 2. The Labute approximate surface area is 91.0 Å². The van der Waals surface area contributed by atoms with Gasteiger partial charge in [0.1, 0.15) is 11.6 Å². The summed E-state index contributed by atoms with van der Waals surface area (Å²) in [7, 11) is 1.64. The molecule has 0 aliphatic carbocycles. The fraction of sp³-hybridized carbons (Fsp3) is 0.500. The molecular weight excluding hydrogens is 281 g/mol. The molecule has 0 fully saturated rings. The van der Waals surface area contributed by atoms with E-state index in [1.54, 1.807) is 7.11 Å². The van der Waals surface area contributed by atoms with Crippen molar-refractivity contribution < 1.29 is 4.74 Å². The zero-order chi connectivity index (χ0) is 9.84. The maximum atomic E-state index is 5.71. The van der Waals surface area contributed by atoms with Crippen molar-refractivity contribution in [1.82, 2.24) is 9.97 Å². The summed E-state index contributed by atoms with van der Waals surface area (Å²) in [5.41, 5.74) is 6.58. The number of nitrogen functional groups attached to an aromatic ring is 1. The minimum atomic E-state index is 0.484. The summed E-state index contributed by atoms with van der Waals surface area (Å²) in [5, 5.41) is 0. The highest BCUT2D eigenvalue weighted by molar-refractivity contribution is 14.1. The molecular formula is C8H12IN3O. The fourth-order valence-corrected chi connectivity index (χ4v) is 1.35. The minimum Gasteiger partial charge on any atom is -0.383 e. The van der Waals surface area contributed by atoms with Gasteiger partial charge in [-0.15, -0.1) is 0 Å². The second-order valence-electron chi connectivity index (χ2n) is 2.57. The molecule has 13 heavy (non-hydrogen) atoms. The lowest BCUT2D eigenvalue weighted by Crippen LogP contribution is -2.07. The Bertz CT molecular complexity index is 304. The monoisotopic (exact) mass is 293 g/mol. The molecule has 0 atom stereocenters. The van der Waals surface area contributed by atoms with E-state index in [-0.39, 0.29) is 0 Å². The zero-order valence-electron chi connectivity index (χ0n) is 7.67. The highest BCUT2D eigenvalue weighted by atomic mass is 127. The standard InChI is InChI=1S/C8H12IN3O/c1-3-6-11-5(4-13-2)7(9)8(10)12-6/h3-4H2,1-2H3,(H2,10,11,12). The van der Waals surface area contributed by atoms with Crippen molar-refractivity contribution in [2.24, 2.45) is 0 Å². The third-order valence-corrected chi connectivity index (χ3v) is 2.76. The van der Waals surface area contributed by atoms with Gasteiger partial charge in [0.2, 0.25) is 0 Å². The van der Waals surface area contributed by atoms with Gasteiger partial charge >= 0.3 is 0 Å². The lowest BCUT2D eigenvalue weighted by Gasteiger charge is -2.06. The Morgan fingerprint density at radius 2 is 2.15 bits per heavy atom. The van der Waals surface area contributed by atoms with Crippen LogP contribution in [0.4, 0.5) is 5.82 Å². The van der Waals surface area contributed by atoms with Crippen LogP contribution in [0.25, 0.3) is 0 Å². The average molecular weight is 293 g/mol. The molecule has 0 amide bonds. The summed E-state index contributed by atoms with van der Waals surface area (Å²) in [6.45, 7) is 2.48. The van der Waals surface area contributed by atoms with Crippen LogP contribution in [0.15, 0.2) is 0 Å². The molecule has 0 bridgehead atoms. The van der Waals surface area contributed by atoms with Crippen LogP contribution in [0.5, 0.6) is 0 Å². The predicted octanol–water partition coefficient (Wildman–Crippen LogP) is 1.37. The molecule has 0 spiro atoms. The summed E-state index contributed by atoms with van der Waals surface area (Å²) in [5.74, 6) is 1.31. The van der Waals surface area contributed by atoms with Gasteiger partial charge in [0.25, 0.3) is 0 Å². The second-order valence-corrected chi connectivity index (χ2v) is 3.65. The molecule has 72 valence electrons. The van der Waals surface area contributed by atoms with Crippen LogP contribution in [-0.2, 0) is 17.8 Å². The summed E-state index contributed by atoms with van der Waals surface area (Å²) in [6, 6.07) is 0. The number of rotatable bonds is 3. The Kier molecular flexibility index (Phi) is 3.86. The molecule has 4 nitrogen and oxygen atoms in total. The Balaban J connectivity index is 3.09. The largest absolute Gasteiger partial charge is 0.383 e. The first-order valence-electron chi connectivity index (χ1n) is 3.98. The van der Waals surface area contributed by atoms with Crippen LogP contribution in [-0.4, -0.2) is 17.1 Å². The van der Waals surface area contributed by atoms with E-state index in [4.69, 9.17) is 10.5 Å². The van der Waals surface area contributed by atoms with E-state index >= 15 is 0 Å². The minimum absolute atomic E-state index is 0.484. The van der Waals surface area contributed by atoms with E-state index in [0.29, 0.717) is 12.4 Å². The molecule has 0 radical (unpaired) electrons. The maximum absolute atomic E-state index is 5.71. The van der Waals surface area contributed by atoms with E-state index in [2.05, 4.69) is 32.6 Å². The Morgan fingerprint density at radius 3 is 2.69 bits per heavy atom. The van der Waals surface area contributed by atoms with Crippen LogP contribution in [0.1, 0.15) is 18.4 Å². The average Bonchev–Trinajstić information content (AvgIpc) is 2.13. The first kappa shape index (κ1) is 10.6. The molecule has 1 aromatic rings. The van der Waals surface area contributed by atoms with E-state index < -0.39 is 0 Å². The van der Waals surface area contributed by atoms with Crippen molar-refractivity contribution in [3.8, 4) is 0 Å². The summed E-state index contributed by atoms with van der Waals surface area (Å²) in [4.78, 5) is 8.46. The molecule has 1 heterocycles. The quantitative estimate of drug-likeness (QED) is 0.855. The van der Waals surface area contributed by atoms with Crippen LogP contribution in [0, 0.1) is 3.57 Å². The number of halogens is 1. The lowest BCUT2D eigenvalue weighted by atomic mass is 10.3. The smallest absolute Gasteiger partial charge is 0.140 e. The van der Waals surface area contributed by atoms with Crippen molar-refractivity contribution in [1.29, 1.82) is 0 Å². The van der Waals surface area contributed by atoms with Gasteiger partial charge in [-0.2, -0.15) is 0 Å². The van der Waals surface area contributed by atoms with Crippen LogP contribution >= 0.6 is 22.6 Å². The highest BCUT2D eigenvalue weighted by Gasteiger charge is 2.08. The topological polar surface area (TPSA) is 61.0 Å². The van der Waals surface area contributed by atoms with Gasteiger partial charge in [0, 0.05) is 13.5 Å². The molecule has 1 rings (SSSR count). The number of aryl methyl sites for hydroxylation is 1. The molecule has 0 aliphatic rings. The fourth-order valence-electron chi connectivity index (χ4n) is 0.956. The number of nitrogens with two attached hydrogens (primary N) is 1. The van der Waals surface area contributed by atoms with Crippen molar-refractivity contribution >= 4 is 28.4 Å². The molecule has 0 saturated heterocycles. The molecule has 2 N–H and O–H groups in total. The Morgan fingerprint density at radius 1 is 1.46 bits per heavy atom. The molecule has 0 aromatic carbocycles. The third kappa shape index (κ3) is 2.50. The van der Waals surface area contributed by atoms with Gasteiger partial charge in [-0.3, -0.25) is 0 Å². The van der Waals surface area contributed by atoms with Crippen molar-refractivity contribution in [3.05, 3.63) is 15.1 Å². The third-order valence-electron chi connectivity index (χ3n) is 1.59. The van der Waals surface area contributed by atoms with Crippen molar-refractivity contribution in [2.75, 3.05) is 12.8 Å². The van der Waals surface area contributed by atoms with Crippen molar-refractivity contribution in [2.45, 2.75) is 20.0 Å². The number of aromatic nitrogens is 2. The predicted molar refractivity (Wildman–Crippen MR) is 59.3 cm³/mol. The molecule has 0 saturated carbocycles. The molecule has 0 aliphatic heterocycles. The molecule has 5 heteroatoms. The van der Waals surface area contributed by atoms with Crippen LogP contribution in [0.2, 0.25) is 0 Å². The molecule has 1 aromatic heterocycles. The molecule has 0 unspecified atom stereocenters. The van der Waals surface area contributed by atoms with Gasteiger partial charge < -0.3 is 10.5 Å². The number of methoxy groups -OCH3 is 1. The number of hydrogen-bond acceptors (Lipinski definition) is 4. The highest BCUT2D eigenvalue weighted by Crippen LogP contribution is 2.17. The van der Waals surface area contributed by atoms with Crippen molar-refractivity contribution in [3.63, 3.8) is 0 Å². The van der Waals surface area contributed by atoms with Gasteiger partial charge in [-0.25, -0.2) is 9.97 Å². The van der Waals surface area contributed by atoms with E-state index in [0.717, 1.165) is 21.5 Å². The zero-order valence-corrected chi connectivity index (χ0v) is 9.83. The number of anilines is 1. The first-order valence-corrected chi connectivity index (χ1v) is 5.06. The second kappa shape index (κ2) is 4.71. The van der Waals surface area contributed by atoms with Gasteiger partial charge in [-0.05, 0) is 22.6 Å². The van der Waals surface area contributed by atoms with E-state index in [1.807, 2.05) is 6.92 Å². The van der Waals surface area contributed by atoms with E-state index in [1.165, 1.54) is 0 Å². The SMILES string of the molecule is CCc1nc(N)c(I)c(COC)n1. The summed E-state index contributed by atoms with van der Waals surface area (Å²) in [6.07, 6.45) is 0.790. The number of ether oxygens (including phenoxy) is 1. The lowest BCUT2D eigenvalue weighted by molar-refractivity contribution is 0.180. The Hall–Kier alpha value is -0.430. The van der Waals surface area contributed by atoms with Crippen LogP contribution in [0.3, 0.4) is 0 Å². The normalized spacial score (nSPS) is 10.4. The summed E-state index contributed by atoms with van der Waals surface area (Å²) >= 11 is 2.13. The summed E-state index contributed by atoms with van der Waals surface area (Å²) < 4.78 is 5.90. The van der Waals surface area contributed by atoms with E-state index in [9.17, 15) is 0 Å².